The standard InChI is InChI=1S/C30H31N3O4/c34-27-10-8-20-9-11-29(35)31-26-18-33(17-25(26)22-6-3-7-24(15-22)37-28(27)14-20)30(36)19-32-13-12-21-4-1-2-5-23(21)16-32/h1-8,10,14-15,25-26,34H,9,11-13,16-19H2,(H,31,35)/t25-,26+/m0/s1. The van der Waals surface area contributed by atoms with E-state index in [4.69, 9.17) is 4.74 Å². The van der Waals surface area contributed by atoms with Crippen LogP contribution in [0.1, 0.15) is 34.6 Å². The molecule has 0 saturated carbocycles. The molecule has 2 amide bonds. The molecule has 1 fully saturated rings. The molecule has 190 valence electrons. The van der Waals surface area contributed by atoms with Crippen molar-refractivity contribution in [2.75, 3.05) is 26.2 Å². The zero-order valence-electron chi connectivity index (χ0n) is 20.7. The molecule has 0 radical (unpaired) electrons. The van der Waals surface area contributed by atoms with Gasteiger partial charge in [-0.3, -0.25) is 14.5 Å². The second-order valence-corrected chi connectivity index (χ2v) is 10.3. The highest BCUT2D eigenvalue weighted by atomic mass is 16.5. The van der Waals surface area contributed by atoms with E-state index >= 15 is 0 Å². The number of hydrogen-bond donors (Lipinski definition) is 2. The average Bonchev–Trinajstić information content (AvgIpc) is 3.33. The van der Waals surface area contributed by atoms with Crippen LogP contribution in [0.3, 0.4) is 0 Å². The van der Waals surface area contributed by atoms with Gasteiger partial charge in [-0.05, 0) is 59.4 Å². The smallest absolute Gasteiger partial charge is 0.236 e. The van der Waals surface area contributed by atoms with Gasteiger partial charge < -0.3 is 20.1 Å². The van der Waals surface area contributed by atoms with Gasteiger partial charge in [0.25, 0.3) is 0 Å². The lowest BCUT2D eigenvalue weighted by Crippen LogP contribution is -2.43. The second-order valence-electron chi connectivity index (χ2n) is 10.3. The molecule has 3 aliphatic rings. The van der Waals surface area contributed by atoms with Crippen LogP contribution in [0.25, 0.3) is 0 Å². The molecule has 7 nitrogen and oxygen atoms in total. The zero-order chi connectivity index (χ0) is 25.4. The van der Waals surface area contributed by atoms with Gasteiger partial charge >= 0.3 is 0 Å². The maximum absolute atomic E-state index is 13.4. The topological polar surface area (TPSA) is 82.1 Å². The van der Waals surface area contributed by atoms with Crippen molar-refractivity contribution in [1.82, 2.24) is 15.1 Å². The van der Waals surface area contributed by atoms with Crippen LogP contribution in [0.5, 0.6) is 17.2 Å². The Bertz CT molecular complexity index is 1340. The maximum Gasteiger partial charge on any atom is 0.236 e. The molecule has 7 heteroatoms. The highest BCUT2D eigenvalue weighted by Gasteiger charge is 2.37. The molecular weight excluding hydrogens is 466 g/mol. The number of benzene rings is 3. The van der Waals surface area contributed by atoms with E-state index in [0.29, 0.717) is 44.0 Å². The van der Waals surface area contributed by atoms with Crippen molar-refractivity contribution >= 4 is 11.8 Å². The third-order valence-electron chi connectivity index (χ3n) is 7.77. The van der Waals surface area contributed by atoms with Gasteiger partial charge in [-0.1, -0.05) is 42.5 Å². The molecule has 4 bridgehead atoms. The Morgan fingerprint density at radius 2 is 1.84 bits per heavy atom. The first-order valence-corrected chi connectivity index (χ1v) is 13.0. The number of carbonyl (C=O) groups is 2. The zero-order valence-corrected chi connectivity index (χ0v) is 20.7. The normalized spacial score (nSPS) is 21.4. The van der Waals surface area contributed by atoms with Gasteiger partial charge in [0.05, 0.1) is 12.6 Å². The van der Waals surface area contributed by atoms with Crippen molar-refractivity contribution < 1.29 is 19.4 Å². The molecule has 0 aliphatic carbocycles. The minimum Gasteiger partial charge on any atom is -0.504 e. The molecule has 0 aromatic heterocycles. The summed E-state index contributed by atoms with van der Waals surface area (Å²) >= 11 is 0. The van der Waals surface area contributed by atoms with Gasteiger partial charge in [0, 0.05) is 38.5 Å². The first-order chi connectivity index (χ1) is 18.0. The van der Waals surface area contributed by atoms with Crippen molar-refractivity contribution in [3.63, 3.8) is 0 Å². The van der Waals surface area contributed by atoms with Crippen LogP contribution < -0.4 is 10.1 Å². The number of phenolic OH excluding ortho intramolecular Hbond substituents is 1. The summed E-state index contributed by atoms with van der Waals surface area (Å²) < 4.78 is 6.04. The molecule has 0 spiro atoms. The predicted molar refractivity (Wildman–Crippen MR) is 140 cm³/mol. The maximum atomic E-state index is 13.4. The number of likely N-dealkylation sites (tertiary alicyclic amines) is 1. The van der Waals surface area contributed by atoms with Gasteiger partial charge in [0.2, 0.25) is 11.8 Å². The number of aryl methyl sites for hydroxylation is 1. The lowest BCUT2D eigenvalue weighted by Gasteiger charge is -2.29. The molecule has 3 heterocycles. The number of phenols is 1. The average molecular weight is 498 g/mol. The van der Waals surface area contributed by atoms with Crippen molar-refractivity contribution in [2.45, 2.75) is 37.8 Å². The van der Waals surface area contributed by atoms with Crippen LogP contribution in [0.2, 0.25) is 0 Å². The third-order valence-corrected chi connectivity index (χ3v) is 7.77. The summed E-state index contributed by atoms with van der Waals surface area (Å²) in [4.78, 5) is 30.4. The third kappa shape index (κ3) is 5.04. The Balaban J connectivity index is 1.22. The van der Waals surface area contributed by atoms with Crippen LogP contribution in [-0.4, -0.2) is 58.9 Å². The largest absolute Gasteiger partial charge is 0.504 e. The van der Waals surface area contributed by atoms with E-state index in [-0.39, 0.29) is 29.5 Å². The fourth-order valence-corrected chi connectivity index (χ4v) is 5.74. The van der Waals surface area contributed by atoms with Gasteiger partial charge in [-0.15, -0.1) is 0 Å². The summed E-state index contributed by atoms with van der Waals surface area (Å²) in [6, 6.07) is 21.2. The van der Waals surface area contributed by atoms with Crippen LogP contribution in [0, 0.1) is 0 Å². The molecule has 6 rings (SSSR count). The van der Waals surface area contributed by atoms with Crippen LogP contribution >= 0.6 is 0 Å². The predicted octanol–water partition coefficient (Wildman–Crippen LogP) is 3.60. The number of hydrogen-bond acceptors (Lipinski definition) is 5. The van der Waals surface area contributed by atoms with E-state index < -0.39 is 0 Å². The highest BCUT2D eigenvalue weighted by Crippen LogP contribution is 2.35. The molecule has 3 aromatic rings. The minimum atomic E-state index is -0.175. The summed E-state index contributed by atoms with van der Waals surface area (Å²) in [6.07, 6.45) is 1.82. The van der Waals surface area contributed by atoms with Gasteiger partial charge in [0.1, 0.15) is 5.75 Å². The van der Waals surface area contributed by atoms with Gasteiger partial charge in [-0.25, -0.2) is 0 Å². The lowest BCUT2D eigenvalue weighted by atomic mass is 9.94. The summed E-state index contributed by atoms with van der Waals surface area (Å²) in [7, 11) is 0. The monoisotopic (exact) mass is 497 g/mol. The summed E-state index contributed by atoms with van der Waals surface area (Å²) in [6.45, 7) is 3.05. The number of aromatic hydroxyl groups is 1. The summed E-state index contributed by atoms with van der Waals surface area (Å²) in [5, 5.41) is 13.5. The molecule has 2 N–H and O–H groups in total. The van der Waals surface area contributed by atoms with Crippen LogP contribution in [0.15, 0.2) is 66.7 Å². The first kappa shape index (κ1) is 23.6. The van der Waals surface area contributed by atoms with Crippen LogP contribution in [0.4, 0.5) is 0 Å². The molecule has 1 saturated heterocycles. The number of rotatable bonds is 2. The molecule has 2 atom stereocenters. The van der Waals surface area contributed by atoms with E-state index in [0.717, 1.165) is 30.6 Å². The fraction of sp³-hybridized carbons (Fsp3) is 0.333. The number of ether oxygens (including phenoxy) is 1. The van der Waals surface area contributed by atoms with E-state index in [1.807, 2.05) is 35.2 Å². The minimum absolute atomic E-state index is 0.0390. The Morgan fingerprint density at radius 3 is 2.73 bits per heavy atom. The Kier molecular flexibility index (Phi) is 6.30. The van der Waals surface area contributed by atoms with Gasteiger partial charge in [0.15, 0.2) is 11.5 Å². The Labute approximate surface area is 216 Å². The Morgan fingerprint density at radius 1 is 0.973 bits per heavy atom. The van der Waals surface area contributed by atoms with Crippen LogP contribution in [-0.2, 0) is 29.0 Å². The molecule has 37 heavy (non-hydrogen) atoms. The molecule has 3 aliphatic heterocycles. The van der Waals surface area contributed by atoms with Gasteiger partial charge in [-0.2, -0.15) is 0 Å². The Hall–Kier alpha value is -3.84. The molecular formula is C30H31N3O4. The van der Waals surface area contributed by atoms with E-state index in [1.54, 1.807) is 12.1 Å². The van der Waals surface area contributed by atoms with Crippen molar-refractivity contribution in [2.24, 2.45) is 0 Å². The number of nitrogens with zero attached hydrogens (tertiary/aromatic N) is 2. The quantitative estimate of drug-likeness (QED) is 0.566. The summed E-state index contributed by atoms with van der Waals surface area (Å²) in [5.41, 5.74) is 4.58. The number of carbonyl (C=O) groups excluding carboxylic acids is 2. The van der Waals surface area contributed by atoms with Crippen molar-refractivity contribution in [1.29, 1.82) is 0 Å². The van der Waals surface area contributed by atoms with Crippen molar-refractivity contribution in [3.8, 4) is 17.2 Å². The fourth-order valence-electron chi connectivity index (χ4n) is 5.74. The molecule has 0 unspecified atom stereocenters. The number of fused-ring (bicyclic) bond motifs is 7. The second kappa shape index (κ2) is 9.90. The highest BCUT2D eigenvalue weighted by molar-refractivity contribution is 5.80. The summed E-state index contributed by atoms with van der Waals surface area (Å²) in [5.74, 6) is 1.06. The van der Waals surface area contributed by atoms with E-state index in [9.17, 15) is 14.7 Å². The van der Waals surface area contributed by atoms with E-state index in [2.05, 4.69) is 34.5 Å². The van der Waals surface area contributed by atoms with Crippen molar-refractivity contribution in [3.05, 3.63) is 89.0 Å². The van der Waals surface area contributed by atoms with E-state index in [1.165, 1.54) is 11.1 Å². The first-order valence-electron chi connectivity index (χ1n) is 13.0. The number of nitrogens with one attached hydrogen (secondary N) is 1. The molecule has 3 aromatic carbocycles. The number of amides is 2. The lowest BCUT2D eigenvalue weighted by molar-refractivity contribution is -0.132. The SMILES string of the molecule is O=C1CCc2ccc(O)c(c2)Oc2cccc(c2)[C@@H]2CN(C(=O)CN3CCc4ccccc4C3)C[C@H]2N1.